The van der Waals surface area contributed by atoms with Crippen molar-refractivity contribution in [1.29, 1.82) is 0 Å². The Morgan fingerprint density at radius 1 is 1.31 bits per heavy atom. The molecule has 1 aromatic carbocycles. The lowest BCUT2D eigenvalue weighted by molar-refractivity contribution is 0.0950. The molecule has 0 saturated heterocycles. The number of amides is 1. The van der Waals surface area contributed by atoms with Crippen molar-refractivity contribution in [2.45, 2.75) is 6.54 Å². The van der Waals surface area contributed by atoms with E-state index in [0.29, 0.717) is 12.1 Å². The van der Waals surface area contributed by atoms with Gasteiger partial charge in [-0.1, -0.05) is 6.07 Å². The van der Waals surface area contributed by atoms with Gasteiger partial charge >= 0.3 is 0 Å². The smallest absolute Gasteiger partial charge is 0.251 e. The Balaban J connectivity index is 1.98. The highest BCUT2D eigenvalue weighted by atomic mass is 16.3. The molecule has 1 aromatic heterocycles. The summed E-state index contributed by atoms with van der Waals surface area (Å²) >= 11 is 0. The number of rotatable bonds is 3. The molecule has 3 N–H and O–H groups in total. The molecule has 0 unspecified atom stereocenters. The SMILES string of the molecule is O=C(NCc1ccc[nH]1)c1cccc(O)c1. The third-order valence-corrected chi connectivity index (χ3v) is 2.21. The summed E-state index contributed by atoms with van der Waals surface area (Å²) in [5, 5.41) is 12.0. The number of H-pyrrole nitrogens is 1. The zero-order chi connectivity index (χ0) is 11.4. The first-order valence-corrected chi connectivity index (χ1v) is 4.95. The zero-order valence-corrected chi connectivity index (χ0v) is 8.60. The third kappa shape index (κ3) is 2.42. The Kier molecular flexibility index (Phi) is 2.91. The van der Waals surface area contributed by atoms with Crippen LogP contribution in [0, 0.1) is 0 Å². The maximum Gasteiger partial charge on any atom is 0.251 e. The lowest BCUT2D eigenvalue weighted by Gasteiger charge is -2.04. The molecule has 0 radical (unpaired) electrons. The number of nitrogens with one attached hydrogen (secondary N) is 2. The summed E-state index contributed by atoms with van der Waals surface area (Å²) in [7, 11) is 0. The van der Waals surface area contributed by atoms with Crippen molar-refractivity contribution in [3.05, 3.63) is 53.9 Å². The molecule has 1 amide bonds. The van der Waals surface area contributed by atoms with Crippen LogP contribution < -0.4 is 5.32 Å². The van der Waals surface area contributed by atoms with Crippen molar-refractivity contribution in [2.24, 2.45) is 0 Å². The summed E-state index contributed by atoms with van der Waals surface area (Å²) in [6.07, 6.45) is 1.80. The Morgan fingerprint density at radius 2 is 2.19 bits per heavy atom. The van der Waals surface area contributed by atoms with E-state index >= 15 is 0 Å². The summed E-state index contributed by atoms with van der Waals surface area (Å²) in [5.74, 6) is -0.113. The number of aromatic nitrogens is 1. The first kappa shape index (κ1) is 10.3. The average molecular weight is 216 g/mol. The van der Waals surface area contributed by atoms with E-state index in [2.05, 4.69) is 10.3 Å². The van der Waals surface area contributed by atoms with Gasteiger partial charge in [0.25, 0.3) is 5.91 Å². The minimum atomic E-state index is -0.203. The fraction of sp³-hybridized carbons (Fsp3) is 0.0833. The van der Waals surface area contributed by atoms with Crippen LogP contribution in [-0.2, 0) is 6.54 Å². The van der Waals surface area contributed by atoms with Crippen LogP contribution in [0.1, 0.15) is 16.1 Å². The lowest BCUT2D eigenvalue weighted by atomic mass is 10.2. The maximum absolute atomic E-state index is 11.7. The molecule has 0 atom stereocenters. The number of hydrogen-bond donors (Lipinski definition) is 3. The fourth-order valence-electron chi connectivity index (χ4n) is 1.40. The molecule has 2 rings (SSSR count). The zero-order valence-electron chi connectivity index (χ0n) is 8.60. The molecule has 1 heterocycles. The molecular formula is C12H12N2O2. The Bertz CT molecular complexity index is 478. The van der Waals surface area contributed by atoms with Gasteiger partial charge in [0.1, 0.15) is 5.75 Å². The first-order chi connectivity index (χ1) is 7.75. The van der Waals surface area contributed by atoms with Crippen LogP contribution in [-0.4, -0.2) is 16.0 Å². The molecule has 4 heteroatoms. The van der Waals surface area contributed by atoms with Gasteiger partial charge in [-0.05, 0) is 30.3 Å². The predicted octanol–water partition coefficient (Wildman–Crippen LogP) is 1.65. The molecule has 0 aliphatic heterocycles. The van der Waals surface area contributed by atoms with E-state index < -0.39 is 0 Å². The fourth-order valence-corrected chi connectivity index (χ4v) is 1.40. The topological polar surface area (TPSA) is 65.1 Å². The van der Waals surface area contributed by atoms with Gasteiger partial charge in [0.05, 0.1) is 6.54 Å². The third-order valence-electron chi connectivity index (χ3n) is 2.21. The highest BCUT2D eigenvalue weighted by Crippen LogP contribution is 2.10. The number of carbonyl (C=O) groups is 1. The summed E-state index contributed by atoms with van der Waals surface area (Å²) < 4.78 is 0. The molecule has 0 aliphatic rings. The molecule has 82 valence electrons. The number of phenols is 1. The Morgan fingerprint density at radius 3 is 2.88 bits per heavy atom. The average Bonchev–Trinajstić information content (AvgIpc) is 2.78. The molecule has 2 aromatic rings. The number of phenolic OH excluding ortho intramolecular Hbond substituents is 1. The van der Waals surface area contributed by atoms with Crippen molar-refractivity contribution in [2.75, 3.05) is 0 Å². The summed E-state index contributed by atoms with van der Waals surface area (Å²) in [6, 6.07) is 10.0. The van der Waals surface area contributed by atoms with Crippen LogP contribution in [0.25, 0.3) is 0 Å². The monoisotopic (exact) mass is 216 g/mol. The van der Waals surface area contributed by atoms with Gasteiger partial charge in [-0.3, -0.25) is 4.79 Å². The van der Waals surface area contributed by atoms with Gasteiger partial charge < -0.3 is 15.4 Å². The second-order valence-electron chi connectivity index (χ2n) is 3.43. The molecule has 0 saturated carbocycles. The molecule has 4 nitrogen and oxygen atoms in total. The first-order valence-electron chi connectivity index (χ1n) is 4.95. The van der Waals surface area contributed by atoms with Gasteiger partial charge in [0, 0.05) is 17.5 Å². The molecule has 16 heavy (non-hydrogen) atoms. The second-order valence-corrected chi connectivity index (χ2v) is 3.43. The van der Waals surface area contributed by atoms with E-state index in [1.807, 2.05) is 12.1 Å². The minimum absolute atomic E-state index is 0.0903. The Labute approximate surface area is 92.9 Å². The van der Waals surface area contributed by atoms with Crippen molar-refractivity contribution in [3.63, 3.8) is 0 Å². The van der Waals surface area contributed by atoms with Gasteiger partial charge in [0.15, 0.2) is 0 Å². The van der Waals surface area contributed by atoms with E-state index in [0.717, 1.165) is 5.69 Å². The van der Waals surface area contributed by atoms with E-state index in [9.17, 15) is 9.90 Å². The van der Waals surface area contributed by atoms with Crippen LogP contribution in [0.2, 0.25) is 0 Å². The number of aromatic hydroxyl groups is 1. The predicted molar refractivity (Wildman–Crippen MR) is 60.1 cm³/mol. The van der Waals surface area contributed by atoms with E-state index in [1.165, 1.54) is 12.1 Å². The van der Waals surface area contributed by atoms with Gasteiger partial charge in [-0.25, -0.2) is 0 Å². The highest BCUT2D eigenvalue weighted by molar-refractivity contribution is 5.94. The number of hydrogen-bond acceptors (Lipinski definition) is 2. The summed E-state index contributed by atoms with van der Waals surface area (Å²) in [4.78, 5) is 14.6. The van der Waals surface area contributed by atoms with Gasteiger partial charge in [-0.15, -0.1) is 0 Å². The van der Waals surface area contributed by atoms with Crippen molar-refractivity contribution in [1.82, 2.24) is 10.3 Å². The van der Waals surface area contributed by atoms with Crippen molar-refractivity contribution in [3.8, 4) is 5.75 Å². The Hall–Kier alpha value is -2.23. The van der Waals surface area contributed by atoms with Crippen molar-refractivity contribution >= 4 is 5.91 Å². The van der Waals surface area contributed by atoms with Crippen LogP contribution in [0.3, 0.4) is 0 Å². The van der Waals surface area contributed by atoms with E-state index in [1.54, 1.807) is 18.3 Å². The maximum atomic E-state index is 11.7. The van der Waals surface area contributed by atoms with Crippen LogP contribution in [0.5, 0.6) is 5.75 Å². The van der Waals surface area contributed by atoms with Gasteiger partial charge in [0.2, 0.25) is 0 Å². The van der Waals surface area contributed by atoms with Gasteiger partial charge in [-0.2, -0.15) is 0 Å². The molecule has 0 aliphatic carbocycles. The minimum Gasteiger partial charge on any atom is -0.508 e. The van der Waals surface area contributed by atoms with Crippen LogP contribution in [0.4, 0.5) is 0 Å². The van der Waals surface area contributed by atoms with E-state index in [-0.39, 0.29) is 11.7 Å². The quantitative estimate of drug-likeness (QED) is 0.730. The normalized spacial score (nSPS) is 10.0. The summed E-state index contributed by atoms with van der Waals surface area (Å²) in [6.45, 7) is 0.446. The second kappa shape index (κ2) is 4.53. The van der Waals surface area contributed by atoms with Crippen LogP contribution >= 0.6 is 0 Å². The number of aromatic amines is 1. The standard InChI is InChI=1S/C12H12N2O2/c15-11-5-1-3-9(7-11)12(16)14-8-10-4-2-6-13-10/h1-7,13,15H,8H2,(H,14,16). The number of carbonyl (C=O) groups excluding carboxylic acids is 1. The molecule has 0 fully saturated rings. The van der Waals surface area contributed by atoms with E-state index in [4.69, 9.17) is 0 Å². The molecule has 0 bridgehead atoms. The number of benzene rings is 1. The van der Waals surface area contributed by atoms with Crippen LogP contribution in [0.15, 0.2) is 42.6 Å². The molecule has 0 spiro atoms. The lowest BCUT2D eigenvalue weighted by Crippen LogP contribution is -2.22. The van der Waals surface area contributed by atoms with Crippen molar-refractivity contribution < 1.29 is 9.90 Å². The summed E-state index contributed by atoms with van der Waals surface area (Å²) in [5.41, 5.74) is 1.39. The highest BCUT2D eigenvalue weighted by Gasteiger charge is 2.05. The molecular weight excluding hydrogens is 204 g/mol. The largest absolute Gasteiger partial charge is 0.508 e.